The zero-order valence-electron chi connectivity index (χ0n) is 5.97. The standard InChI is InChI=1S/C7H11ClO2/c1-3-5-6(8)10-7(9)4-2/h4,6H,2-3,5H2,1H3. The van der Waals surface area contributed by atoms with Crippen LogP contribution in [0.15, 0.2) is 12.7 Å². The Morgan fingerprint density at radius 3 is 2.90 bits per heavy atom. The van der Waals surface area contributed by atoms with Crippen molar-refractivity contribution in [1.82, 2.24) is 0 Å². The second-order valence-corrected chi connectivity index (χ2v) is 2.33. The molecule has 0 saturated heterocycles. The summed E-state index contributed by atoms with van der Waals surface area (Å²) in [6.07, 6.45) is 2.69. The number of alkyl halides is 1. The largest absolute Gasteiger partial charge is 0.443 e. The Balaban J connectivity index is 3.46. The van der Waals surface area contributed by atoms with Gasteiger partial charge in [-0.25, -0.2) is 4.79 Å². The van der Waals surface area contributed by atoms with Crippen LogP contribution in [0.3, 0.4) is 0 Å². The highest BCUT2D eigenvalue weighted by Crippen LogP contribution is 2.06. The van der Waals surface area contributed by atoms with Crippen molar-refractivity contribution in [3.8, 4) is 0 Å². The van der Waals surface area contributed by atoms with Crippen LogP contribution in [-0.2, 0) is 9.53 Å². The SMILES string of the molecule is C=CC(=O)OC(Cl)CCC. The normalized spacial score (nSPS) is 12.2. The van der Waals surface area contributed by atoms with Gasteiger partial charge in [0, 0.05) is 6.08 Å². The van der Waals surface area contributed by atoms with Gasteiger partial charge in [-0.15, -0.1) is 0 Å². The van der Waals surface area contributed by atoms with Gasteiger partial charge in [0.2, 0.25) is 0 Å². The summed E-state index contributed by atoms with van der Waals surface area (Å²) in [5, 5.41) is 0. The summed E-state index contributed by atoms with van der Waals surface area (Å²) in [7, 11) is 0. The molecule has 0 aliphatic heterocycles. The lowest BCUT2D eigenvalue weighted by atomic mass is 10.4. The number of esters is 1. The number of carbonyl (C=O) groups excluding carboxylic acids is 1. The van der Waals surface area contributed by atoms with Crippen LogP contribution >= 0.6 is 11.6 Å². The third kappa shape index (κ3) is 4.39. The third-order valence-electron chi connectivity index (χ3n) is 0.926. The van der Waals surface area contributed by atoms with Gasteiger partial charge in [0.1, 0.15) is 0 Å². The molecule has 0 fully saturated rings. The van der Waals surface area contributed by atoms with Crippen molar-refractivity contribution < 1.29 is 9.53 Å². The van der Waals surface area contributed by atoms with Crippen molar-refractivity contribution in [1.29, 1.82) is 0 Å². The molecule has 0 aliphatic rings. The van der Waals surface area contributed by atoms with Crippen molar-refractivity contribution in [3.05, 3.63) is 12.7 Å². The molecule has 0 amide bonds. The predicted octanol–water partition coefficient (Wildman–Crippen LogP) is 2.08. The summed E-state index contributed by atoms with van der Waals surface area (Å²) in [5.74, 6) is -0.464. The Morgan fingerprint density at radius 1 is 1.90 bits per heavy atom. The topological polar surface area (TPSA) is 26.3 Å². The summed E-state index contributed by atoms with van der Waals surface area (Å²) in [4.78, 5) is 10.5. The van der Waals surface area contributed by atoms with Gasteiger partial charge in [0.25, 0.3) is 0 Å². The van der Waals surface area contributed by atoms with Gasteiger partial charge in [-0.3, -0.25) is 0 Å². The molecule has 0 bridgehead atoms. The summed E-state index contributed by atoms with van der Waals surface area (Å²) in [5.41, 5.74) is -0.504. The molecule has 0 saturated carbocycles. The molecule has 0 rings (SSSR count). The molecule has 0 radical (unpaired) electrons. The number of carbonyl (C=O) groups is 1. The molecule has 0 heterocycles. The van der Waals surface area contributed by atoms with Crippen LogP contribution in [0.4, 0.5) is 0 Å². The van der Waals surface area contributed by atoms with E-state index in [1.165, 1.54) is 0 Å². The molecule has 1 atom stereocenters. The third-order valence-corrected chi connectivity index (χ3v) is 1.23. The van der Waals surface area contributed by atoms with Crippen LogP contribution in [0.25, 0.3) is 0 Å². The van der Waals surface area contributed by atoms with E-state index in [2.05, 4.69) is 11.3 Å². The molecule has 0 spiro atoms. The van der Waals surface area contributed by atoms with E-state index >= 15 is 0 Å². The van der Waals surface area contributed by atoms with Crippen LogP contribution < -0.4 is 0 Å². The minimum atomic E-state index is -0.504. The summed E-state index contributed by atoms with van der Waals surface area (Å²) in [6, 6.07) is 0. The highest BCUT2D eigenvalue weighted by molar-refractivity contribution is 6.20. The molecule has 1 unspecified atom stereocenters. The molecule has 0 N–H and O–H groups in total. The van der Waals surface area contributed by atoms with E-state index < -0.39 is 11.5 Å². The Bertz CT molecular complexity index is 123. The van der Waals surface area contributed by atoms with Crippen LogP contribution in [0, 0.1) is 0 Å². The van der Waals surface area contributed by atoms with Crippen molar-refractivity contribution in [3.63, 3.8) is 0 Å². The second kappa shape index (κ2) is 5.30. The molecule has 58 valence electrons. The van der Waals surface area contributed by atoms with Gasteiger partial charge in [-0.05, 0) is 6.42 Å². The molecular formula is C7H11ClO2. The van der Waals surface area contributed by atoms with Gasteiger partial charge in [0.05, 0.1) is 0 Å². The molecule has 0 aromatic heterocycles. The fourth-order valence-corrected chi connectivity index (χ4v) is 0.766. The van der Waals surface area contributed by atoms with E-state index in [0.717, 1.165) is 12.5 Å². The summed E-state index contributed by atoms with van der Waals surface area (Å²) < 4.78 is 4.65. The monoisotopic (exact) mass is 162 g/mol. The molecule has 0 aromatic rings. The molecule has 2 nitrogen and oxygen atoms in total. The zero-order valence-corrected chi connectivity index (χ0v) is 6.73. The lowest BCUT2D eigenvalue weighted by molar-refractivity contribution is -0.139. The van der Waals surface area contributed by atoms with Gasteiger partial charge >= 0.3 is 5.97 Å². The van der Waals surface area contributed by atoms with E-state index in [-0.39, 0.29) is 0 Å². The van der Waals surface area contributed by atoms with Crippen molar-refractivity contribution in [2.24, 2.45) is 0 Å². The van der Waals surface area contributed by atoms with E-state index in [4.69, 9.17) is 11.6 Å². The van der Waals surface area contributed by atoms with Gasteiger partial charge in [-0.2, -0.15) is 0 Å². The van der Waals surface area contributed by atoms with Crippen LogP contribution in [0.5, 0.6) is 0 Å². The average Bonchev–Trinajstić information content (AvgIpc) is 1.88. The maximum absolute atomic E-state index is 10.5. The Kier molecular flexibility index (Phi) is 5.03. The van der Waals surface area contributed by atoms with Crippen molar-refractivity contribution >= 4 is 17.6 Å². The predicted molar refractivity (Wildman–Crippen MR) is 40.8 cm³/mol. The quantitative estimate of drug-likeness (QED) is 0.360. The van der Waals surface area contributed by atoms with Crippen LogP contribution in [0.2, 0.25) is 0 Å². The van der Waals surface area contributed by atoms with Gasteiger partial charge < -0.3 is 4.74 Å². The average molecular weight is 163 g/mol. The number of rotatable bonds is 4. The number of hydrogen-bond donors (Lipinski definition) is 0. The van der Waals surface area contributed by atoms with Gasteiger partial charge in [0.15, 0.2) is 5.56 Å². The van der Waals surface area contributed by atoms with E-state index in [0.29, 0.717) is 6.42 Å². The fraction of sp³-hybridized carbons (Fsp3) is 0.571. The fourth-order valence-electron chi connectivity index (χ4n) is 0.460. The zero-order chi connectivity index (χ0) is 7.98. The van der Waals surface area contributed by atoms with E-state index in [1.807, 2.05) is 6.92 Å². The number of halogens is 1. The van der Waals surface area contributed by atoms with Crippen LogP contribution in [0.1, 0.15) is 19.8 Å². The second-order valence-electron chi connectivity index (χ2n) is 1.84. The summed E-state index contributed by atoms with van der Waals surface area (Å²) >= 11 is 5.56. The molecule has 0 aliphatic carbocycles. The smallest absolute Gasteiger partial charge is 0.331 e. The first-order chi connectivity index (χ1) is 4.70. The molecule has 3 heteroatoms. The highest BCUT2D eigenvalue weighted by Gasteiger charge is 2.05. The first-order valence-corrected chi connectivity index (χ1v) is 3.61. The Morgan fingerprint density at radius 2 is 2.50 bits per heavy atom. The van der Waals surface area contributed by atoms with Crippen molar-refractivity contribution in [2.45, 2.75) is 25.3 Å². The number of ether oxygens (including phenoxy) is 1. The highest BCUT2D eigenvalue weighted by atomic mass is 35.5. The first-order valence-electron chi connectivity index (χ1n) is 3.17. The maximum Gasteiger partial charge on any atom is 0.331 e. The minimum absolute atomic E-state index is 0.464. The lowest BCUT2D eigenvalue weighted by Gasteiger charge is -2.06. The maximum atomic E-state index is 10.5. The molecular weight excluding hydrogens is 152 g/mol. The Labute approximate surface area is 65.8 Å². The molecule has 10 heavy (non-hydrogen) atoms. The van der Waals surface area contributed by atoms with Gasteiger partial charge in [-0.1, -0.05) is 31.5 Å². The molecule has 0 aromatic carbocycles. The van der Waals surface area contributed by atoms with Crippen LogP contribution in [-0.4, -0.2) is 11.5 Å². The number of hydrogen-bond acceptors (Lipinski definition) is 2. The van der Waals surface area contributed by atoms with E-state index in [9.17, 15) is 4.79 Å². The summed E-state index contributed by atoms with van der Waals surface area (Å²) in [6.45, 7) is 5.21. The Hall–Kier alpha value is -0.500. The van der Waals surface area contributed by atoms with Crippen molar-refractivity contribution in [2.75, 3.05) is 0 Å². The lowest BCUT2D eigenvalue weighted by Crippen LogP contribution is -2.09. The van der Waals surface area contributed by atoms with E-state index in [1.54, 1.807) is 0 Å². The minimum Gasteiger partial charge on any atom is -0.443 e. The first kappa shape index (κ1) is 9.50.